The van der Waals surface area contributed by atoms with Crippen molar-refractivity contribution < 1.29 is 23.8 Å². The molecule has 0 saturated heterocycles. The molecule has 0 aromatic heterocycles. The van der Waals surface area contributed by atoms with Crippen molar-refractivity contribution in [3.8, 4) is 17.2 Å². The average molecular weight is 544 g/mol. The van der Waals surface area contributed by atoms with Gasteiger partial charge < -0.3 is 19.5 Å². The second-order valence-electron chi connectivity index (χ2n) is 7.93. The Morgan fingerprint density at radius 3 is 2.32 bits per heavy atom. The number of hydrazone groups is 1. The molecule has 0 fully saturated rings. The quantitative estimate of drug-likeness (QED) is 0.232. The van der Waals surface area contributed by atoms with Crippen LogP contribution >= 0.6 is 23.2 Å². The molecular formula is C27H27Cl2N3O5. The Kier molecular flexibility index (Phi) is 10.2. The van der Waals surface area contributed by atoms with Crippen LogP contribution in [0.1, 0.15) is 34.8 Å². The van der Waals surface area contributed by atoms with E-state index in [1.165, 1.54) is 13.3 Å². The molecule has 0 aliphatic carbocycles. The first-order chi connectivity index (χ1) is 17.8. The molecule has 8 nitrogen and oxygen atoms in total. The van der Waals surface area contributed by atoms with E-state index in [0.717, 1.165) is 12.0 Å². The van der Waals surface area contributed by atoms with Crippen LogP contribution in [0.3, 0.4) is 0 Å². The number of nitrogens with one attached hydrogen (secondary N) is 2. The zero-order chi connectivity index (χ0) is 26.8. The van der Waals surface area contributed by atoms with Crippen LogP contribution in [0.5, 0.6) is 17.2 Å². The Labute approximate surface area is 225 Å². The highest BCUT2D eigenvalue weighted by atomic mass is 35.5. The zero-order valence-electron chi connectivity index (χ0n) is 20.6. The molecule has 3 aromatic carbocycles. The summed E-state index contributed by atoms with van der Waals surface area (Å²) in [5.74, 6) is 0.385. The second-order valence-corrected chi connectivity index (χ2v) is 8.74. The van der Waals surface area contributed by atoms with Crippen LogP contribution in [0.25, 0.3) is 0 Å². The molecule has 0 bridgehead atoms. The number of aryl methyl sites for hydroxylation is 1. The lowest BCUT2D eigenvalue weighted by molar-refractivity contribution is -0.118. The number of carbonyl (C=O) groups is 2. The average Bonchev–Trinajstić information content (AvgIpc) is 2.88. The van der Waals surface area contributed by atoms with Crippen LogP contribution in [-0.2, 0) is 4.79 Å². The SMILES string of the molecule is CCCOc1ccc(C(=O)N/N=C/c2cc(Cl)c(OCC(=O)Nc3ccc(C)cc3)c(Cl)c2)cc1OC. The Balaban J connectivity index is 1.58. The smallest absolute Gasteiger partial charge is 0.271 e. The molecule has 2 amide bonds. The minimum atomic E-state index is -0.437. The fourth-order valence-corrected chi connectivity index (χ4v) is 3.75. The van der Waals surface area contributed by atoms with E-state index in [0.29, 0.717) is 34.9 Å². The molecule has 0 unspecified atom stereocenters. The maximum Gasteiger partial charge on any atom is 0.271 e. The fourth-order valence-electron chi connectivity index (χ4n) is 3.13. The predicted molar refractivity (Wildman–Crippen MR) is 146 cm³/mol. The number of halogens is 2. The number of anilines is 1. The number of carbonyl (C=O) groups excluding carboxylic acids is 2. The van der Waals surface area contributed by atoms with Gasteiger partial charge in [-0.05, 0) is 61.4 Å². The summed E-state index contributed by atoms with van der Waals surface area (Å²) >= 11 is 12.6. The zero-order valence-corrected chi connectivity index (χ0v) is 22.2. The van der Waals surface area contributed by atoms with Gasteiger partial charge in [-0.15, -0.1) is 0 Å². The first kappa shape index (κ1) is 27.8. The van der Waals surface area contributed by atoms with E-state index in [-0.39, 0.29) is 28.3 Å². The van der Waals surface area contributed by atoms with Crippen molar-refractivity contribution in [2.45, 2.75) is 20.3 Å². The number of amides is 2. The fraction of sp³-hybridized carbons (Fsp3) is 0.222. The third-order valence-corrected chi connectivity index (χ3v) is 5.53. The van der Waals surface area contributed by atoms with Gasteiger partial charge in [0.15, 0.2) is 23.9 Å². The molecule has 194 valence electrons. The van der Waals surface area contributed by atoms with Gasteiger partial charge in [0, 0.05) is 11.3 Å². The Bertz CT molecular complexity index is 1260. The Morgan fingerprint density at radius 2 is 1.68 bits per heavy atom. The summed E-state index contributed by atoms with van der Waals surface area (Å²) in [7, 11) is 1.51. The molecule has 0 spiro atoms. The molecule has 2 N–H and O–H groups in total. The van der Waals surface area contributed by atoms with Gasteiger partial charge in [-0.1, -0.05) is 47.8 Å². The van der Waals surface area contributed by atoms with Crippen LogP contribution in [0.15, 0.2) is 59.7 Å². The molecule has 10 heteroatoms. The summed E-state index contributed by atoms with van der Waals surface area (Å²) in [6, 6.07) is 15.4. The van der Waals surface area contributed by atoms with Crippen molar-refractivity contribution in [2.24, 2.45) is 5.10 Å². The van der Waals surface area contributed by atoms with E-state index >= 15 is 0 Å². The highest BCUT2D eigenvalue weighted by Gasteiger charge is 2.13. The Hall–Kier alpha value is -3.75. The molecule has 0 atom stereocenters. The number of methoxy groups -OCH3 is 1. The van der Waals surface area contributed by atoms with Crippen molar-refractivity contribution in [1.29, 1.82) is 0 Å². The molecule has 0 aliphatic rings. The topological polar surface area (TPSA) is 98.3 Å². The maximum atomic E-state index is 12.5. The van der Waals surface area contributed by atoms with Crippen molar-refractivity contribution in [1.82, 2.24) is 5.43 Å². The van der Waals surface area contributed by atoms with Crippen molar-refractivity contribution in [3.05, 3.63) is 81.3 Å². The summed E-state index contributed by atoms with van der Waals surface area (Å²) in [6.45, 7) is 4.23. The summed E-state index contributed by atoms with van der Waals surface area (Å²) in [5.41, 5.74) is 5.06. The van der Waals surface area contributed by atoms with Gasteiger partial charge in [-0.25, -0.2) is 5.43 Å². The number of rotatable bonds is 11. The van der Waals surface area contributed by atoms with Crippen LogP contribution in [0, 0.1) is 6.92 Å². The van der Waals surface area contributed by atoms with E-state index in [1.807, 2.05) is 26.0 Å². The molecule has 3 rings (SSSR count). The second kappa shape index (κ2) is 13.5. The number of nitrogens with zero attached hydrogens (tertiary/aromatic N) is 1. The minimum absolute atomic E-state index is 0.168. The lowest BCUT2D eigenvalue weighted by Gasteiger charge is -2.11. The first-order valence-corrected chi connectivity index (χ1v) is 12.2. The van der Waals surface area contributed by atoms with Gasteiger partial charge in [-0.2, -0.15) is 5.10 Å². The van der Waals surface area contributed by atoms with Gasteiger partial charge in [0.25, 0.3) is 11.8 Å². The lowest BCUT2D eigenvalue weighted by atomic mass is 10.2. The monoisotopic (exact) mass is 543 g/mol. The summed E-state index contributed by atoms with van der Waals surface area (Å²) in [4.78, 5) is 24.7. The summed E-state index contributed by atoms with van der Waals surface area (Å²) in [6.07, 6.45) is 2.24. The van der Waals surface area contributed by atoms with E-state index in [2.05, 4.69) is 15.8 Å². The summed E-state index contributed by atoms with van der Waals surface area (Å²) in [5, 5.41) is 7.08. The normalized spacial score (nSPS) is 10.7. The van der Waals surface area contributed by atoms with E-state index in [9.17, 15) is 9.59 Å². The van der Waals surface area contributed by atoms with Crippen molar-refractivity contribution >= 4 is 46.9 Å². The van der Waals surface area contributed by atoms with Crippen LogP contribution in [0.4, 0.5) is 5.69 Å². The first-order valence-electron chi connectivity index (χ1n) is 11.4. The van der Waals surface area contributed by atoms with Crippen molar-refractivity contribution in [2.75, 3.05) is 25.6 Å². The highest BCUT2D eigenvalue weighted by molar-refractivity contribution is 6.37. The van der Waals surface area contributed by atoms with Crippen LogP contribution in [-0.4, -0.2) is 38.4 Å². The Morgan fingerprint density at radius 1 is 0.973 bits per heavy atom. The number of ether oxygens (including phenoxy) is 3. The molecule has 0 radical (unpaired) electrons. The van der Waals surface area contributed by atoms with E-state index in [1.54, 1.807) is 42.5 Å². The summed E-state index contributed by atoms with van der Waals surface area (Å²) < 4.78 is 16.4. The van der Waals surface area contributed by atoms with Crippen LogP contribution in [0.2, 0.25) is 10.0 Å². The third-order valence-electron chi connectivity index (χ3n) is 4.97. The predicted octanol–water partition coefficient (Wildman–Crippen LogP) is 5.88. The third kappa shape index (κ3) is 8.13. The van der Waals surface area contributed by atoms with Gasteiger partial charge in [-0.3, -0.25) is 9.59 Å². The lowest BCUT2D eigenvalue weighted by Crippen LogP contribution is -2.20. The number of hydrogen-bond donors (Lipinski definition) is 2. The van der Waals surface area contributed by atoms with E-state index in [4.69, 9.17) is 37.4 Å². The minimum Gasteiger partial charge on any atom is -0.493 e. The standard InChI is InChI=1S/C27H27Cl2N3O5/c1-4-11-36-23-10-7-19(14-24(23)35-3)27(34)32-30-15-18-12-21(28)26(22(29)13-18)37-16-25(33)31-20-8-5-17(2)6-9-20/h5-10,12-15H,4,11,16H2,1-3H3,(H,31,33)(H,32,34)/b30-15+. The van der Waals surface area contributed by atoms with Crippen molar-refractivity contribution in [3.63, 3.8) is 0 Å². The van der Waals surface area contributed by atoms with Gasteiger partial charge >= 0.3 is 0 Å². The molecule has 0 aliphatic heterocycles. The maximum absolute atomic E-state index is 12.5. The molecule has 37 heavy (non-hydrogen) atoms. The molecule has 3 aromatic rings. The van der Waals surface area contributed by atoms with Gasteiger partial charge in [0.1, 0.15) is 0 Å². The van der Waals surface area contributed by atoms with Crippen LogP contribution < -0.4 is 25.0 Å². The van der Waals surface area contributed by atoms with Gasteiger partial charge in [0.05, 0.1) is 30.0 Å². The van der Waals surface area contributed by atoms with E-state index < -0.39 is 5.91 Å². The molecular weight excluding hydrogens is 517 g/mol. The molecule has 0 heterocycles. The number of hydrogen-bond acceptors (Lipinski definition) is 6. The number of benzene rings is 3. The van der Waals surface area contributed by atoms with Gasteiger partial charge in [0.2, 0.25) is 0 Å². The highest BCUT2D eigenvalue weighted by Crippen LogP contribution is 2.34. The largest absolute Gasteiger partial charge is 0.493 e. The molecule has 0 saturated carbocycles.